The Hall–Kier alpha value is -2.42. The minimum atomic E-state index is -4.65. The predicted molar refractivity (Wildman–Crippen MR) is 70.5 cm³/mol. The molecule has 22 heavy (non-hydrogen) atoms. The summed E-state index contributed by atoms with van der Waals surface area (Å²) in [6, 6.07) is 6.35. The first-order valence-electron chi connectivity index (χ1n) is 6.47. The number of nitrogens with zero attached hydrogens (tertiary/aromatic N) is 4. The topological polar surface area (TPSA) is 72.5 Å². The highest BCUT2D eigenvalue weighted by atomic mass is 19.4. The van der Waals surface area contributed by atoms with E-state index in [4.69, 9.17) is 9.84 Å². The molecule has 3 aromatic rings. The fraction of sp³-hybridized carbons (Fsp3) is 0.308. The summed E-state index contributed by atoms with van der Waals surface area (Å²) in [5.41, 5.74) is 0.465. The summed E-state index contributed by atoms with van der Waals surface area (Å²) in [5, 5.41) is 15.5. The SMILES string of the molecule is OCCCOc1nc2ccccc2n2c(C(F)(F)F)nnc12. The highest BCUT2D eigenvalue weighted by Crippen LogP contribution is 2.32. The third kappa shape index (κ3) is 2.43. The molecule has 0 saturated carbocycles. The Kier molecular flexibility index (Phi) is 3.57. The van der Waals surface area contributed by atoms with E-state index in [9.17, 15) is 13.2 Å². The summed E-state index contributed by atoms with van der Waals surface area (Å²) >= 11 is 0. The Morgan fingerprint density at radius 2 is 1.95 bits per heavy atom. The van der Waals surface area contributed by atoms with Gasteiger partial charge in [-0.05, 0) is 12.1 Å². The van der Waals surface area contributed by atoms with E-state index in [1.54, 1.807) is 18.2 Å². The van der Waals surface area contributed by atoms with Crippen LogP contribution in [0.4, 0.5) is 13.2 Å². The molecule has 0 aliphatic carbocycles. The molecule has 1 aromatic carbocycles. The Morgan fingerprint density at radius 1 is 1.18 bits per heavy atom. The van der Waals surface area contributed by atoms with Gasteiger partial charge < -0.3 is 9.84 Å². The first-order valence-corrected chi connectivity index (χ1v) is 6.47. The fourth-order valence-electron chi connectivity index (χ4n) is 2.07. The molecule has 9 heteroatoms. The maximum atomic E-state index is 13.1. The number of hydrogen-bond acceptors (Lipinski definition) is 5. The van der Waals surface area contributed by atoms with Crippen LogP contribution in [0.5, 0.6) is 5.88 Å². The molecular formula is C13H11F3N4O2. The maximum absolute atomic E-state index is 13.1. The zero-order valence-corrected chi connectivity index (χ0v) is 11.2. The number of aliphatic hydroxyl groups is 1. The van der Waals surface area contributed by atoms with E-state index in [0.29, 0.717) is 11.9 Å². The number of halogens is 3. The Labute approximate surface area is 122 Å². The van der Waals surface area contributed by atoms with E-state index in [2.05, 4.69) is 15.2 Å². The third-order valence-corrected chi connectivity index (χ3v) is 2.99. The second-order valence-corrected chi connectivity index (χ2v) is 4.51. The molecule has 0 unspecified atom stereocenters. The molecule has 0 spiro atoms. The number of alkyl halides is 3. The zero-order chi connectivity index (χ0) is 15.7. The van der Waals surface area contributed by atoms with Gasteiger partial charge >= 0.3 is 6.18 Å². The fourth-order valence-corrected chi connectivity index (χ4v) is 2.07. The highest BCUT2D eigenvalue weighted by molar-refractivity contribution is 5.79. The van der Waals surface area contributed by atoms with Gasteiger partial charge in [-0.2, -0.15) is 13.2 Å². The number of fused-ring (bicyclic) bond motifs is 3. The van der Waals surface area contributed by atoms with Crippen LogP contribution in [0.25, 0.3) is 16.7 Å². The van der Waals surface area contributed by atoms with Crippen molar-refractivity contribution in [3.8, 4) is 5.88 Å². The van der Waals surface area contributed by atoms with Gasteiger partial charge in [-0.25, -0.2) is 4.98 Å². The molecule has 0 radical (unpaired) electrons. The lowest BCUT2D eigenvalue weighted by atomic mass is 10.3. The molecular weight excluding hydrogens is 301 g/mol. The van der Waals surface area contributed by atoms with Crippen LogP contribution >= 0.6 is 0 Å². The van der Waals surface area contributed by atoms with Crippen LogP contribution in [-0.2, 0) is 6.18 Å². The van der Waals surface area contributed by atoms with Crippen LogP contribution < -0.4 is 4.74 Å². The van der Waals surface area contributed by atoms with Crippen molar-refractivity contribution in [1.29, 1.82) is 0 Å². The Morgan fingerprint density at radius 3 is 2.68 bits per heavy atom. The van der Waals surface area contributed by atoms with Crippen molar-refractivity contribution < 1.29 is 23.0 Å². The van der Waals surface area contributed by atoms with Crippen LogP contribution in [-0.4, -0.2) is 37.9 Å². The number of aliphatic hydroxyl groups excluding tert-OH is 1. The van der Waals surface area contributed by atoms with Crippen molar-refractivity contribution in [2.24, 2.45) is 0 Å². The molecule has 6 nitrogen and oxygen atoms in total. The van der Waals surface area contributed by atoms with Gasteiger partial charge in [0.2, 0.25) is 11.5 Å². The molecule has 2 heterocycles. The highest BCUT2D eigenvalue weighted by Gasteiger charge is 2.38. The lowest BCUT2D eigenvalue weighted by Gasteiger charge is -2.10. The summed E-state index contributed by atoms with van der Waals surface area (Å²) in [6.45, 7) is 0.0239. The minimum absolute atomic E-state index is 0.0462. The molecule has 116 valence electrons. The van der Waals surface area contributed by atoms with Crippen molar-refractivity contribution in [2.45, 2.75) is 12.6 Å². The van der Waals surface area contributed by atoms with Crippen molar-refractivity contribution in [2.75, 3.05) is 13.2 Å². The Bertz CT molecular complexity index is 816. The van der Waals surface area contributed by atoms with Crippen LogP contribution in [0, 0.1) is 0 Å². The summed E-state index contributed by atoms with van der Waals surface area (Å²) in [4.78, 5) is 4.18. The number of rotatable bonds is 4. The average molecular weight is 312 g/mol. The number of hydrogen-bond donors (Lipinski definition) is 1. The lowest BCUT2D eigenvalue weighted by Crippen LogP contribution is -2.12. The van der Waals surface area contributed by atoms with Crippen molar-refractivity contribution in [3.63, 3.8) is 0 Å². The van der Waals surface area contributed by atoms with E-state index in [1.807, 2.05) is 0 Å². The largest absolute Gasteiger partial charge is 0.475 e. The summed E-state index contributed by atoms with van der Waals surface area (Å²) in [7, 11) is 0. The molecule has 3 rings (SSSR count). The number of benzene rings is 1. The van der Waals surface area contributed by atoms with Crippen LogP contribution in [0.2, 0.25) is 0 Å². The monoisotopic (exact) mass is 312 g/mol. The van der Waals surface area contributed by atoms with Crippen molar-refractivity contribution in [1.82, 2.24) is 19.6 Å². The number of aromatic nitrogens is 4. The van der Waals surface area contributed by atoms with Crippen LogP contribution in [0.1, 0.15) is 12.2 Å². The van der Waals surface area contributed by atoms with Crippen molar-refractivity contribution >= 4 is 16.7 Å². The van der Waals surface area contributed by atoms with Gasteiger partial charge in [0.1, 0.15) is 0 Å². The summed E-state index contributed by atoms with van der Waals surface area (Å²) in [6.07, 6.45) is -4.31. The van der Waals surface area contributed by atoms with Gasteiger partial charge in [0.15, 0.2) is 0 Å². The first kappa shape index (κ1) is 14.5. The van der Waals surface area contributed by atoms with E-state index in [-0.39, 0.29) is 30.3 Å². The average Bonchev–Trinajstić information content (AvgIpc) is 2.93. The van der Waals surface area contributed by atoms with Crippen LogP contribution in [0.15, 0.2) is 24.3 Å². The molecule has 1 N–H and O–H groups in total. The maximum Gasteiger partial charge on any atom is 0.452 e. The van der Waals surface area contributed by atoms with Gasteiger partial charge in [-0.1, -0.05) is 12.1 Å². The van der Waals surface area contributed by atoms with Gasteiger partial charge in [0.05, 0.1) is 17.6 Å². The molecule has 2 aromatic heterocycles. The number of para-hydroxylation sites is 2. The van der Waals surface area contributed by atoms with Gasteiger partial charge in [0, 0.05) is 13.0 Å². The van der Waals surface area contributed by atoms with E-state index >= 15 is 0 Å². The molecule has 0 aliphatic rings. The minimum Gasteiger partial charge on any atom is -0.475 e. The van der Waals surface area contributed by atoms with Crippen molar-refractivity contribution in [3.05, 3.63) is 30.1 Å². The van der Waals surface area contributed by atoms with Crippen LogP contribution in [0.3, 0.4) is 0 Å². The normalized spacial score (nSPS) is 12.2. The molecule has 0 aliphatic heterocycles. The second kappa shape index (κ2) is 5.41. The first-order chi connectivity index (χ1) is 10.5. The van der Waals surface area contributed by atoms with Gasteiger partial charge in [-0.15, -0.1) is 10.2 Å². The number of ether oxygens (including phenoxy) is 1. The second-order valence-electron chi connectivity index (χ2n) is 4.51. The zero-order valence-electron chi connectivity index (χ0n) is 11.2. The van der Waals surface area contributed by atoms with Gasteiger partial charge in [-0.3, -0.25) is 4.40 Å². The molecule has 0 saturated heterocycles. The smallest absolute Gasteiger partial charge is 0.452 e. The van der Waals surface area contributed by atoms with E-state index in [1.165, 1.54) is 6.07 Å². The van der Waals surface area contributed by atoms with E-state index < -0.39 is 12.0 Å². The standard InChI is InChI=1S/C13H11F3N4O2/c14-13(15,16)12-19-18-10-11(22-7-3-6-21)17-8-4-1-2-5-9(8)20(10)12/h1-2,4-5,21H,3,6-7H2. The molecule has 0 amide bonds. The molecule has 0 fully saturated rings. The molecule has 0 bridgehead atoms. The third-order valence-electron chi connectivity index (χ3n) is 2.99. The predicted octanol–water partition coefficient (Wildman–Crippen LogP) is 2.06. The summed E-state index contributed by atoms with van der Waals surface area (Å²) in [5.74, 6) is -1.18. The quantitative estimate of drug-likeness (QED) is 0.747. The Balaban J connectivity index is 2.26. The lowest BCUT2D eigenvalue weighted by molar-refractivity contribution is -0.145. The van der Waals surface area contributed by atoms with Gasteiger partial charge in [0.25, 0.3) is 5.88 Å². The molecule has 0 atom stereocenters. The van der Waals surface area contributed by atoms with E-state index in [0.717, 1.165) is 4.40 Å². The summed E-state index contributed by atoms with van der Waals surface area (Å²) < 4.78 is 45.5.